The van der Waals surface area contributed by atoms with Crippen LogP contribution in [0.5, 0.6) is 0 Å². The van der Waals surface area contributed by atoms with Gasteiger partial charge in [-0.25, -0.2) is 0 Å². The molecule has 2 heterocycles. The molecule has 0 aliphatic carbocycles. The molecule has 0 unspecified atom stereocenters. The third kappa shape index (κ3) is 1.39. The van der Waals surface area contributed by atoms with Crippen LogP contribution in [0.1, 0.15) is 26.7 Å². The van der Waals surface area contributed by atoms with E-state index in [2.05, 4.69) is 13.8 Å². The highest BCUT2D eigenvalue weighted by atomic mass is 16.6. The summed E-state index contributed by atoms with van der Waals surface area (Å²) in [6.45, 7) is 5.74. The Labute approximate surface area is 79.6 Å². The van der Waals surface area contributed by atoms with Crippen LogP contribution in [-0.4, -0.2) is 31.0 Å². The second-order valence-corrected chi connectivity index (χ2v) is 4.38. The summed E-state index contributed by atoms with van der Waals surface area (Å²) in [5, 5.41) is 0. The van der Waals surface area contributed by atoms with Crippen LogP contribution < -0.4 is 5.73 Å². The fourth-order valence-corrected chi connectivity index (χ4v) is 2.44. The van der Waals surface area contributed by atoms with Crippen LogP contribution in [0.2, 0.25) is 0 Å². The molecule has 2 fully saturated rings. The van der Waals surface area contributed by atoms with Gasteiger partial charge in [0.1, 0.15) is 0 Å². The van der Waals surface area contributed by atoms with Gasteiger partial charge in [0, 0.05) is 12.5 Å². The van der Waals surface area contributed by atoms with Crippen LogP contribution in [0.15, 0.2) is 0 Å². The zero-order valence-electron chi connectivity index (χ0n) is 8.45. The van der Waals surface area contributed by atoms with Crippen LogP contribution in [0.25, 0.3) is 0 Å². The Balaban J connectivity index is 2.06. The Morgan fingerprint density at radius 1 is 1.46 bits per heavy atom. The second-order valence-electron chi connectivity index (χ2n) is 4.38. The molecule has 0 aromatic carbocycles. The summed E-state index contributed by atoms with van der Waals surface area (Å²) < 4.78 is 11.6. The van der Waals surface area contributed by atoms with E-state index in [4.69, 9.17) is 15.2 Å². The molecular formula is C10H19NO2. The molecule has 2 aliphatic heterocycles. The fourth-order valence-electron chi connectivity index (χ4n) is 2.44. The monoisotopic (exact) mass is 185 g/mol. The molecule has 0 aromatic heterocycles. The number of hydrogen-bond donors (Lipinski definition) is 1. The van der Waals surface area contributed by atoms with Crippen LogP contribution >= 0.6 is 0 Å². The molecule has 4 atom stereocenters. The smallest absolute Gasteiger partial charge is 0.0970 e. The lowest BCUT2D eigenvalue weighted by Gasteiger charge is -2.28. The molecule has 0 amide bonds. The van der Waals surface area contributed by atoms with Crippen LogP contribution in [0.4, 0.5) is 0 Å². The molecule has 13 heavy (non-hydrogen) atoms. The average molecular weight is 185 g/mol. The SMILES string of the molecule is C[C@@H]1OC[C@]2(CC[C@@H](CN)O2)[C@@H]1C. The average Bonchev–Trinajstić information content (AvgIpc) is 2.67. The minimum Gasteiger partial charge on any atom is -0.375 e. The van der Waals surface area contributed by atoms with E-state index < -0.39 is 0 Å². The van der Waals surface area contributed by atoms with E-state index in [1.165, 1.54) is 0 Å². The molecular weight excluding hydrogens is 166 g/mol. The van der Waals surface area contributed by atoms with Crippen molar-refractivity contribution in [2.24, 2.45) is 11.7 Å². The van der Waals surface area contributed by atoms with Crippen molar-refractivity contribution in [3.8, 4) is 0 Å². The number of nitrogens with two attached hydrogens (primary N) is 1. The van der Waals surface area contributed by atoms with E-state index in [-0.39, 0.29) is 11.7 Å². The maximum atomic E-state index is 5.99. The van der Waals surface area contributed by atoms with E-state index in [1.54, 1.807) is 0 Å². The van der Waals surface area contributed by atoms with E-state index in [9.17, 15) is 0 Å². The Hall–Kier alpha value is -0.120. The predicted octanol–water partition coefficient (Wildman–Crippen LogP) is 0.918. The van der Waals surface area contributed by atoms with E-state index in [0.29, 0.717) is 18.6 Å². The molecule has 1 spiro atoms. The van der Waals surface area contributed by atoms with Gasteiger partial charge in [0.25, 0.3) is 0 Å². The summed E-state index contributed by atoms with van der Waals surface area (Å²) in [6, 6.07) is 0. The van der Waals surface area contributed by atoms with Gasteiger partial charge in [0.15, 0.2) is 0 Å². The Morgan fingerprint density at radius 2 is 2.23 bits per heavy atom. The number of rotatable bonds is 1. The van der Waals surface area contributed by atoms with Crippen LogP contribution in [0, 0.1) is 5.92 Å². The lowest BCUT2D eigenvalue weighted by molar-refractivity contribution is -0.0586. The standard InChI is InChI=1S/C10H19NO2/c1-7-8(2)12-6-10(7)4-3-9(5-11)13-10/h7-9H,3-6,11H2,1-2H3/t7-,8+,9+,10-/m1/s1. The van der Waals surface area contributed by atoms with Gasteiger partial charge < -0.3 is 15.2 Å². The highest BCUT2D eigenvalue weighted by Crippen LogP contribution is 2.43. The van der Waals surface area contributed by atoms with Gasteiger partial charge in [-0.2, -0.15) is 0 Å². The molecule has 3 nitrogen and oxygen atoms in total. The molecule has 0 radical (unpaired) electrons. The minimum absolute atomic E-state index is 0.0105. The molecule has 3 heteroatoms. The van der Waals surface area contributed by atoms with Gasteiger partial charge in [-0.05, 0) is 19.8 Å². The number of ether oxygens (including phenoxy) is 2. The third-order valence-corrected chi connectivity index (χ3v) is 3.68. The van der Waals surface area contributed by atoms with Crippen molar-refractivity contribution in [2.45, 2.75) is 44.5 Å². The molecule has 0 saturated carbocycles. The topological polar surface area (TPSA) is 44.5 Å². The maximum absolute atomic E-state index is 5.99. The molecule has 0 aromatic rings. The summed E-state index contributed by atoms with van der Waals surface area (Å²) in [6.07, 6.45) is 2.80. The highest BCUT2D eigenvalue weighted by molar-refractivity contribution is 4.99. The molecule has 2 aliphatic rings. The van der Waals surface area contributed by atoms with Crippen molar-refractivity contribution < 1.29 is 9.47 Å². The molecule has 2 saturated heterocycles. The highest BCUT2D eigenvalue weighted by Gasteiger charge is 2.50. The van der Waals surface area contributed by atoms with Crippen molar-refractivity contribution >= 4 is 0 Å². The van der Waals surface area contributed by atoms with Crippen molar-refractivity contribution in [1.29, 1.82) is 0 Å². The summed E-state index contributed by atoms with van der Waals surface area (Å²) in [4.78, 5) is 0. The first kappa shape index (κ1) is 9.44. The molecule has 76 valence electrons. The zero-order valence-corrected chi connectivity index (χ0v) is 8.45. The van der Waals surface area contributed by atoms with Gasteiger partial charge in [0.05, 0.1) is 24.4 Å². The first-order chi connectivity index (χ1) is 6.18. The minimum atomic E-state index is -0.0105. The van der Waals surface area contributed by atoms with Gasteiger partial charge in [0.2, 0.25) is 0 Å². The first-order valence-corrected chi connectivity index (χ1v) is 5.17. The Kier molecular flexibility index (Phi) is 2.34. The summed E-state index contributed by atoms with van der Waals surface area (Å²) in [5.74, 6) is 0.504. The largest absolute Gasteiger partial charge is 0.375 e. The molecule has 2 rings (SSSR count). The predicted molar refractivity (Wildman–Crippen MR) is 50.5 cm³/mol. The Morgan fingerprint density at radius 3 is 2.69 bits per heavy atom. The third-order valence-electron chi connectivity index (χ3n) is 3.68. The summed E-state index contributed by atoms with van der Waals surface area (Å²) in [7, 11) is 0. The van der Waals surface area contributed by atoms with Gasteiger partial charge >= 0.3 is 0 Å². The fraction of sp³-hybridized carbons (Fsp3) is 1.00. The second kappa shape index (κ2) is 3.23. The normalized spacial score (nSPS) is 50.5. The van der Waals surface area contributed by atoms with Crippen molar-refractivity contribution in [1.82, 2.24) is 0 Å². The van der Waals surface area contributed by atoms with Gasteiger partial charge in [-0.1, -0.05) is 6.92 Å². The quantitative estimate of drug-likeness (QED) is 0.660. The van der Waals surface area contributed by atoms with Crippen LogP contribution in [0.3, 0.4) is 0 Å². The van der Waals surface area contributed by atoms with Crippen molar-refractivity contribution in [3.05, 3.63) is 0 Å². The van der Waals surface area contributed by atoms with Crippen molar-refractivity contribution in [3.63, 3.8) is 0 Å². The number of hydrogen-bond acceptors (Lipinski definition) is 3. The Bertz CT molecular complexity index is 197. The van der Waals surface area contributed by atoms with Gasteiger partial charge in [-0.15, -0.1) is 0 Å². The molecule has 2 N–H and O–H groups in total. The maximum Gasteiger partial charge on any atom is 0.0970 e. The zero-order chi connectivity index (χ0) is 9.47. The van der Waals surface area contributed by atoms with Crippen molar-refractivity contribution in [2.75, 3.05) is 13.2 Å². The summed E-state index contributed by atoms with van der Waals surface area (Å²) in [5.41, 5.74) is 5.59. The lowest BCUT2D eigenvalue weighted by Crippen LogP contribution is -2.38. The van der Waals surface area contributed by atoms with Crippen LogP contribution in [-0.2, 0) is 9.47 Å². The van der Waals surface area contributed by atoms with E-state index >= 15 is 0 Å². The lowest BCUT2D eigenvalue weighted by atomic mass is 9.86. The first-order valence-electron chi connectivity index (χ1n) is 5.17. The van der Waals surface area contributed by atoms with E-state index in [1.807, 2.05) is 0 Å². The van der Waals surface area contributed by atoms with Gasteiger partial charge in [-0.3, -0.25) is 0 Å². The van der Waals surface area contributed by atoms with E-state index in [0.717, 1.165) is 19.4 Å². The summed E-state index contributed by atoms with van der Waals surface area (Å²) >= 11 is 0. The molecule has 0 bridgehead atoms.